The molecule has 1 aliphatic heterocycles. The first kappa shape index (κ1) is 21.1. The summed E-state index contributed by atoms with van der Waals surface area (Å²) in [5, 5.41) is 7.62. The lowest BCUT2D eigenvalue weighted by Crippen LogP contribution is -2.39. The van der Waals surface area contributed by atoms with E-state index in [-0.39, 0.29) is 24.0 Å². The average Bonchev–Trinajstić information content (AvgIpc) is 3.07. The van der Waals surface area contributed by atoms with Crippen molar-refractivity contribution in [3.05, 3.63) is 15.6 Å². The van der Waals surface area contributed by atoms with Gasteiger partial charge in [0.25, 0.3) is 0 Å². The molecule has 0 unspecified atom stereocenters. The normalized spacial score (nSPS) is 14.7. The quantitative estimate of drug-likeness (QED) is 0.281. The lowest BCUT2D eigenvalue weighted by Gasteiger charge is -2.16. The predicted octanol–water partition coefficient (Wildman–Crippen LogP) is 2.45. The molecule has 0 bridgehead atoms. The number of amides is 1. The number of likely N-dealkylation sites (tertiary alicyclic amines) is 1. The minimum Gasteiger partial charge on any atom is -0.357 e. The number of nitrogens with one attached hydrogen (secondary N) is 2. The van der Waals surface area contributed by atoms with Crippen molar-refractivity contribution in [3.8, 4) is 0 Å². The van der Waals surface area contributed by atoms with Crippen LogP contribution in [-0.2, 0) is 11.3 Å². The predicted molar refractivity (Wildman–Crippen MR) is 110 cm³/mol. The molecule has 24 heavy (non-hydrogen) atoms. The van der Waals surface area contributed by atoms with Crippen LogP contribution in [0, 0.1) is 13.8 Å². The summed E-state index contributed by atoms with van der Waals surface area (Å²) in [5.74, 6) is 1.10. The maximum Gasteiger partial charge on any atom is 0.222 e. The molecule has 8 heteroatoms. The van der Waals surface area contributed by atoms with Crippen molar-refractivity contribution in [3.63, 3.8) is 0 Å². The molecule has 6 nitrogen and oxygen atoms in total. The fourth-order valence-electron chi connectivity index (χ4n) is 2.51. The number of hydrogen-bond donors (Lipinski definition) is 2. The standard InChI is InChI=1S/C16H27N5OS.HI/c1-4-17-16(19-11-14-20-12(2)13(3)23-14)18-8-6-10-21-9-5-7-15(21)22;/h4-11H2,1-3H3,(H2,17,18,19);1H. The monoisotopic (exact) mass is 465 g/mol. The number of aromatic nitrogens is 1. The smallest absolute Gasteiger partial charge is 0.222 e. The lowest BCUT2D eigenvalue weighted by molar-refractivity contribution is -0.127. The van der Waals surface area contributed by atoms with E-state index in [0.717, 1.165) is 55.7 Å². The van der Waals surface area contributed by atoms with Crippen LogP contribution >= 0.6 is 35.3 Å². The first-order valence-corrected chi connectivity index (χ1v) is 9.14. The van der Waals surface area contributed by atoms with Gasteiger partial charge in [-0.05, 0) is 33.6 Å². The van der Waals surface area contributed by atoms with E-state index in [9.17, 15) is 4.79 Å². The lowest BCUT2D eigenvalue weighted by atomic mass is 10.4. The van der Waals surface area contributed by atoms with Crippen LogP contribution in [0.4, 0.5) is 0 Å². The maximum absolute atomic E-state index is 11.6. The van der Waals surface area contributed by atoms with Gasteiger partial charge in [0, 0.05) is 37.5 Å². The number of aryl methyl sites for hydroxylation is 2. The molecule has 0 spiro atoms. The molecule has 1 fully saturated rings. The van der Waals surface area contributed by atoms with E-state index in [1.165, 1.54) is 4.88 Å². The van der Waals surface area contributed by atoms with Gasteiger partial charge in [-0.1, -0.05) is 0 Å². The molecule has 0 radical (unpaired) electrons. The highest BCUT2D eigenvalue weighted by molar-refractivity contribution is 14.0. The number of carbonyl (C=O) groups is 1. The molecule has 1 amide bonds. The third kappa shape index (κ3) is 6.54. The maximum atomic E-state index is 11.6. The van der Waals surface area contributed by atoms with E-state index in [0.29, 0.717) is 18.9 Å². The van der Waals surface area contributed by atoms with Crippen LogP contribution < -0.4 is 10.6 Å². The number of hydrogen-bond acceptors (Lipinski definition) is 4. The Labute approximate surface area is 165 Å². The minimum absolute atomic E-state index is 0. The number of rotatable bonds is 7. The number of aliphatic imine (C=N–C) groups is 1. The summed E-state index contributed by atoms with van der Waals surface area (Å²) in [6, 6.07) is 0. The van der Waals surface area contributed by atoms with E-state index >= 15 is 0 Å². The van der Waals surface area contributed by atoms with E-state index in [2.05, 4.69) is 34.5 Å². The Hall–Kier alpha value is -0.900. The van der Waals surface area contributed by atoms with E-state index in [1.807, 2.05) is 11.8 Å². The van der Waals surface area contributed by atoms with Crippen LogP contribution in [-0.4, -0.2) is 47.9 Å². The molecule has 0 saturated carbocycles. The Balaban J connectivity index is 0.00000288. The van der Waals surface area contributed by atoms with E-state index in [1.54, 1.807) is 11.3 Å². The van der Waals surface area contributed by atoms with E-state index < -0.39 is 0 Å². The first-order chi connectivity index (χ1) is 11.1. The molecule has 2 rings (SSSR count). The highest BCUT2D eigenvalue weighted by Crippen LogP contribution is 2.16. The Morgan fingerprint density at radius 3 is 2.75 bits per heavy atom. The van der Waals surface area contributed by atoms with Gasteiger partial charge >= 0.3 is 0 Å². The van der Waals surface area contributed by atoms with Gasteiger partial charge < -0.3 is 15.5 Å². The average molecular weight is 465 g/mol. The van der Waals surface area contributed by atoms with Crippen LogP contribution in [0.1, 0.15) is 41.8 Å². The molecule has 1 saturated heterocycles. The second-order valence-electron chi connectivity index (χ2n) is 5.71. The SMILES string of the molecule is CCNC(=NCc1nc(C)c(C)s1)NCCCN1CCCC1=O.I. The van der Waals surface area contributed by atoms with Gasteiger partial charge in [0.05, 0.1) is 12.2 Å². The van der Waals surface area contributed by atoms with Gasteiger partial charge in [-0.15, -0.1) is 35.3 Å². The summed E-state index contributed by atoms with van der Waals surface area (Å²) in [7, 11) is 0. The van der Waals surface area contributed by atoms with Crippen molar-refractivity contribution < 1.29 is 4.79 Å². The summed E-state index contributed by atoms with van der Waals surface area (Å²) in [6.45, 7) is 10.1. The first-order valence-electron chi connectivity index (χ1n) is 8.33. The van der Waals surface area contributed by atoms with Crippen LogP contribution in [0.5, 0.6) is 0 Å². The van der Waals surface area contributed by atoms with Gasteiger partial charge in [-0.3, -0.25) is 4.79 Å². The molecular weight excluding hydrogens is 437 g/mol. The second kappa shape index (κ2) is 10.9. The van der Waals surface area contributed by atoms with Gasteiger partial charge in [0.15, 0.2) is 5.96 Å². The molecule has 2 N–H and O–H groups in total. The molecule has 0 aromatic carbocycles. The molecule has 1 aromatic rings. The van der Waals surface area contributed by atoms with Crippen molar-refractivity contribution >= 4 is 47.2 Å². The Morgan fingerprint density at radius 1 is 1.38 bits per heavy atom. The molecule has 1 aromatic heterocycles. The van der Waals surface area contributed by atoms with E-state index in [4.69, 9.17) is 0 Å². The summed E-state index contributed by atoms with van der Waals surface area (Å²) in [5.41, 5.74) is 1.09. The number of guanidine groups is 1. The third-order valence-corrected chi connectivity index (χ3v) is 4.92. The Kier molecular flexibility index (Phi) is 9.57. The minimum atomic E-state index is 0. The van der Waals surface area contributed by atoms with Crippen LogP contribution in [0.25, 0.3) is 0 Å². The number of nitrogens with zero attached hydrogens (tertiary/aromatic N) is 3. The third-order valence-electron chi connectivity index (χ3n) is 3.86. The highest BCUT2D eigenvalue weighted by Gasteiger charge is 2.18. The summed E-state index contributed by atoms with van der Waals surface area (Å²) >= 11 is 1.70. The topological polar surface area (TPSA) is 69.6 Å². The van der Waals surface area contributed by atoms with Crippen molar-refractivity contribution in [1.82, 2.24) is 20.5 Å². The zero-order valence-corrected chi connectivity index (χ0v) is 17.9. The van der Waals surface area contributed by atoms with Gasteiger partial charge in [-0.25, -0.2) is 9.98 Å². The highest BCUT2D eigenvalue weighted by atomic mass is 127. The largest absolute Gasteiger partial charge is 0.357 e. The van der Waals surface area contributed by atoms with Crippen LogP contribution in [0.15, 0.2) is 4.99 Å². The van der Waals surface area contributed by atoms with Crippen molar-refractivity contribution in [2.75, 3.05) is 26.2 Å². The summed E-state index contributed by atoms with van der Waals surface area (Å²) in [6.07, 6.45) is 2.65. The van der Waals surface area contributed by atoms with Crippen molar-refractivity contribution in [1.29, 1.82) is 0 Å². The van der Waals surface area contributed by atoms with Crippen LogP contribution in [0.2, 0.25) is 0 Å². The fraction of sp³-hybridized carbons (Fsp3) is 0.688. The second-order valence-corrected chi connectivity index (χ2v) is 7.00. The van der Waals surface area contributed by atoms with Gasteiger partial charge in [0.1, 0.15) is 5.01 Å². The zero-order chi connectivity index (χ0) is 16.7. The zero-order valence-electron chi connectivity index (χ0n) is 14.7. The molecule has 2 heterocycles. The molecule has 0 atom stereocenters. The molecular formula is C16H28IN5OS. The van der Waals surface area contributed by atoms with Crippen molar-refractivity contribution in [2.24, 2.45) is 4.99 Å². The number of carbonyl (C=O) groups excluding carboxylic acids is 1. The summed E-state index contributed by atoms with van der Waals surface area (Å²) in [4.78, 5) is 23.9. The summed E-state index contributed by atoms with van der Waals surface area (Å²) < 4.78 is 0. The fourth-order valence-corrected chi connectivity index (χ4v) is 3.37. The number of thiazole rings is 1. The van der Waals surface area contributed by atoms with Crippen molar-refractivity contribution in [2.45, 2.75) is 46.6 Å². The molecule has 1 aliphatic rings. The molecule has 136 valence electrons. The van der Waals surface area contributed by atoms with Gasteiger partial charge in [-0.2, -0.15) is 0 Å². The Bertz CT molecular complexity index is 541. The van der Waals surface area contributed by atoms with Crippen LogP contribution in [0.3, 0.4) is 0 Å². The van der Waals surface area contributed by atoms with Gasteiger partial charge in [0.2, 0.25) is 5.91 Å². The Morgan fingerprint density at radius 2 is 2.17 bits per heavy atom. The number of halogens is 1. The molecule has 0 aliphatic carbocycles.